The number of rotatable bonds is 2. The molecule has 1 aromatic heterocycles. The van der Waals surface area contributed by atoms with E-state index in [1.54, 1.807) is 4.68 Å². The fourth-order valence-electron chi connectivity index (χ4n) is 1.25. The van der Waals surface area contributed by atoms with Gasteiger partial charge in [-0.2, -0.15) is 5.10 Å². The number of aromatic nitrogens is 2. The van der Waals surface area contributed by atoms with E-state index in [0.717, 1.165) is 20.3 Å². The van der Waals surface area contributed by atoms with Crippen LogP contribution in [-0.2, 0) is 6.54 Å². The van der Waals surface area contributed by atoms with Crippen molar-refractivity contribution in [3.05, 3.63) is 45.1 Å². The maximum Gasteiger partial charge on any atom is 0.0906 e. The summed E-state index contributed by atoms with van der Waals surface area (Å²) in [6, 6.07) is 7.94. The second-order valence-electron chi connectivity index (χ2n) is 3.05. The molecule has 0 amide bonds. The number of halogens is 2. The molecule has 0 aliphatic carbocycles. The molecule has 78 valence electrons. The van der Waals surface area contributed by atoms with E-state index in [2.05, 4.69) is 37.0 Å². The molecule has 1 heterocycles. The average molecular weight is 331 g/mol. The molecule has 0 atom stereocenters. The van der Waals surface area contributed by atoms with E-state index in [9.17, 15) is 0 Å². The van der Waals surface area contributed by atoms with Crippen LogP contribution in [0.15, 0.2) is 39.4 Å². The molecule has 0 bridgehead atoms. The number of hydrogen-bond donors (Lipinski definition) is 1. The van der Waals surface area contributed by atoms with Crippen LogP contribution in [0.3, 0.4) is 0 Å². The van der Waals surface area contributed by atoms with Crippen molar-refractivity contribution in [3.63, 3.8) is 0 Å². The second-order valence-corrected chi connectivity index (χ2v) is 4.82. The Balaban J connectivity index is 2.41. The first-order chi connectivity index (χ1) is 7.20. The summed E-state index contributed by atoms with van der Waals surface area (Å²) in [7, 11) is 0. The van der Waals surface area contributed by atoms with E-state index in [-0.39, 0.29) is 0 Å². The fourth-order valence-corrected chi connectivity index (χ4v) is 1.95. The lowest BCUT2D eigenvalue weighted by molar-refractivity contribution is 0.833. The Hall–Kier alpha value is -0.650. The molecule has 2 aromatic rings. The first kappa shape index (κ1) is 10.9. The second kappa shape index (κ2) is 4.47. The fraction of sp³-hybridized carbons (Fsp3) is 0.100. The van der Waals surface area contributed by atoms with Crippen molar-refractivity contribution in [1.29, 1.82) is 0 Å². The summed E-state index contributed by atoms with van der Waals surface area (Å²) in [5.41, 5.74) is 7.42. The van der Waals surface area contributed by atoms with E-state index in [1.807, 2.05) is 30.5 Å². The van der Waals surface area contributed by atoms with Gasteiger partial charge in [0, 0.05) is 17.2 Å². The predicted molar refractivity (Wildman–Crippen MR) is 66.9 cm³/mol. The third-order valence-corrected chi connectivity index (χ3v) is 3.22. The molecule has 0 unspecified atom stereocenters. The first-order valence-corrected chi connectivity index (χ1v) is 5.99. The van der Waals surface area contributed by atoms with Gasteiger partial charge in [0.1, 0.15) is 0 Å². The first-order valence-electron chi connectivity index (χ1n) is 4.41. The van der Waals surface area contributed by atoms with E-state index in [0.29, 0.717) is 6.54 Å². The van der Waals surface area contributed by atoms with Crippen LogP contribution in [0.25, 0.3) is 5.69 Å². The third kappa shape index (κ3) is 2.30. The Bertz CT molecular complexity index is 462. The van der Waals surface area contributed by atoms with Crippen LogP contribution in [0.5, 0.6) is 0 Å². The SMILES string of the molecule is NCc1nn(-c2ccc(Br)cc2)cc1Br. The number of benzene rings is 1. The van der Waals surface area contributed by atoms with Crippen LogP contribution in [-0.4, -0.2) is 9.78 Å². The highest BCUT2D eigenvalue weighted by molar-refractivity contribution is 9.10. The van der Waals surface area contributed by atoms with Crippen LogP contribution >= 0.6 is 31.9 Å². The predicted octanol–water partition coefficient (Wildman–Crippen LogP) is 2.86. The molecule has 0 saturated heterocycles. The van der Waals surface area contributed by atoms with Gasteiger partial charge in [0.15, 0.2) is 0 Å². The van der Waals surface area contributed by atoms with Crippen molar-refractivity contribution in [1.82, 2.24) is 9.78 Å². The van der Waals surface area contributed by atoms with Gasteiger partial charge < -0.3 is 5.73 Å². The summed E-state index contributed by atoms with van der Waals surface area (Å²) in [5.74, 6) is 0. The van der Waals surface area contributed by atoms with Gasteiger partial charge in [-0.15, -0.1) is 0 Å². The van der Waals surface area contributed by atoms with E-state index in [4.69, 9.17) is 5.73 Å². The summed E-state index contributed by atoms with van der Waals surface area (Å²) < 4.78 is 3.79. The molecule has 5 heteroatoms. The minimum Gasteiger partial charge on any atom is -0.325 e. The molecule has 0 saturated carbocycles. The Morgan fingerprint density at radius 1 is 1.20 bits per heavy atom. The molecule has 1 aromatic carbocycles. The standard InChI is InChI=1S/C10H9Br2N3/c11-7-1-3-8(4-2-7)15-6-9(12)10(5-13)14-15/h1-4,6H,5,13H2. The van der Waals surface area contributed by atoms with Crippen LogP contribution < -0.4 is 5.73 Å². The lowest BCUT2D eigenvalue weighted by Crippen LogP contribution is -2.00. The smallest absolute Gasteiger partial charge is 0.0906 e. The van der Waals surface area contributed by atoms with Gasteiger partial charge in [0.25, 0.3) is 0 Å². The number of nitrogens with zero attached hydrogens (tertiary/aromatic N) is 2. The quantitative estimate of drug-likeness (QED) is 0.920. The van der Waals surface area contributed by atoms with Crippen molar-refractivity contribution in [2.45, 2.75) is 6.54 Å². The largest absolute Gasteiger partial charge is 0.325 e. The zero-order chi connectivity index (χ0) is 10.8. The summed E-state index contributed by atoms with van der Waals surface area (Å²) in [6.07, 6.45) is 1.91. The third-order valence-electron chi connectivity index (χ3n) is 2.02. The summed E-state index contributed by atoms with van der Waals surface area (Å²) in [6.45, 7) is 0.435. The average Bonchev–Trinajstić information content (AvgIpc) is 2.61. The van der Waals surface area contributed by atoms with Crippen LogP contribution in [0, 0.1) is 0 Å². The van der Waals surface area contributed by atoms with Crippen molar-refractivity contribution < 1.29 is 0 Å². The molecule has 0 radical (unpaired) electrons. The molecule has 2 N–H and O–H groups in total. The molecular formula is C10H9Br2N3. The molecule has 0 fully saturated rings. The molecule has 0 aliphatic rings. The van der Waals surface area contributed by atoms with Crippen LogP contribution in [0.1, 0.15) is 5.69 Å². The van der Waals surface area contributed by atoms with E-state index < -0.39 is 0 Å². The zero-order valence-corrected chi connectivity index (χ0v) is 11.0. The Morgan fingerprint density at radius 2 is 1.87 bits per heavy atom. The Morgan fingerprint density at radius 3 is 2.40 bits per heavy atom. The molecule has 0 aliphatic heterocycles. The van der Waals surface area contributed by atoms with Gasteiger partial charge in [-0.25, -0.2) is 4.68 Å². The zero-order valence-electron chi connectivity index (χ0n) is 7.82. The van der Waals surface area contributed by atoms with Crippen LogP contribution in [0.2, 0.25) is 0 Å². The number of hydrogen-bond acceptors (Lipinski definition) is 2. The summed E-state index contributed by atoms with van der Waals surface area (Å²) in [4.78, 5) is 0. The summed E-state index contributed by atoms with van der Waals surface area (Å²) >= 11 is 6.81. The maximum atomic E-state index is 5.55. The molecule has 0 spiro atoms. The Kier molecular flexibility index (Phi) is 3.23. The lowest BCUT2D eigenvalue weighted by atomic mass is 10.3. The van der Waals surface area contributed by atoms with Crippen LogP contribution in [0.4, 0.5) is 0 Å². The maximum absolute atomic E-state index is 5.55. The molecule has 15 heavy (non-hydrogen) atoms. The van der Waals surface area contributed by atoms with E-state index in [1.165, 1.54) is 0 Å². The van der Waals surface area contributed by atoms with Crippen molar-refractivity contribution in [3.8, 4) is 5.69 Å². The highest BCUT2D eigenvalue weighted by atomic mass is 79.9. The van der Waals surface area contributed by atoms with E-state index >= 15 is 0 Å². The van der Waals surface area contributed by atoms with Gasteiger partial charge in [-0.1, -0.05) is 15.9 Å². The van der Waals surface area contributed by atoms with Crippen molar-refractivity contribution in [2.24, 2.45) is 5.73 Å². The summed E-state index contributed by atoms with van der Waals surface area (Å²) in [5, 5.41) is 4.36. The Labute approximate surface area is 105 Å². The number of nitrogens with two attached hydrogens (primary N) is 1. The van der Waals surface area contributed by atoms with Gasteiger partial charge in [-0.05, 0) is 40.2 Å². The lowest BCUT2D eigenvalue weighted by Gasteiger charge is -2.00. The normalized spacial score (nSPS) is 10.6. The van der Waals surface area contributed by atoms with Gasteiger partial charge in [0.05, 0.1) is 15.9 Å². The highest BCUT2D eigenvalue weighted by Crippen LogP contribution is 2.19. The van der Waals surface area contributed by atoms with Gasteiger partial charge >= 0.3 is 0 Å². The van der Waals surface area contributed by atoms with Gasteiger partial charge in [0.2, 0.25) is 0 Å². The minimum absolute atomic E-state index is 0.435. The molecular weight excluding hydrogens is 322 g/mol. The van der Waals surface area contributed by atoms with Crippen molar-refractivity contribution in [2.75, 3.05) is 0 Å². The minimum atomic E-state index is 0.435. The van der Waals surface area contributed by atoms with Gasteiger partial charge in [-0.3, -0.25) is 0 Å². The topological polar surface area (TPSA) is 43.8 Å². The molecule has 3 nitrogen and oxygen atoms in total. The monoisotopic (exact) mass is 329 g/mol. The van der Waals surface area contributed by atoms with Crippen molar-refractivity contribution >= 4 is 31.9 Å². The highest BCUT2D eigenvalue weighted by Gasteiger charge is 2.05. The molecule has 2 rings (SSSR count).